The van der Waals surface area contributed by atoms with E-state index in [1.54, 1.807) is 7.11 Å². The minimum atomic E-state index is -0.0652. The first-order valence-electron chi connectivity index (χ1n) is 13.3. The fourth-order valence-electron chi connectivity index (χ4n) is 5.74. The molecule has 1 aliphatic carbocycles. The van der Waals surface area contributed by atoms with Crippen LogP contribution in [0.2, 0.25) is 5.02 Å². The molecule has 0 amide bonds. The number of halogens is 1. The van der Waals surface area contributed by atoms with Crippen LogP contribution in [-0.2, 0) is 11.3 Å². The molecule has 200 valence electrons. The Morgan fingerprint density at radius 1 is 1.14 bits per heavy atom. The Morgan fingerprint density at radius 2 is 1.86 bits per heavy atom. The van der Waals surface area contributed by atoms with Gasteiger partial charge in [-0.25, -0.2) is 4.98 Å². The third-order valence-corrected chi connectivity index (χ3v) is 8.00. The fourth-order valence-corrected chi connectivity index (χ4v) is 5.95. The summed E-state index contributed by atoms with van der Waals surface area (Å²) in [6.45, 7) is 9.13. The van der Waals surface area contributed by atoms with E-state index >= 15 is 0 Å². The lowest BCUT2D eigenvalue weighted by Crippen LogP contribution is -2.44. The number of anilines is 2. The van der Waals surface area contributed by atoms with Crippen molar-refractivity contribution in [3.05, 3.63) is 62.7 Å². The van der Waals surface area contributed by atoms with Crippen molar-refractivity contribution < 1.29 is 4.74 Å². The first-order valence-corrected chi connectivity index (χ1v) is 13.7. The molecule has 37 heavy (non-hydrogen) atoms. The summed E-state index contributed by atoms with van der Waals surface area (Å²) < 4.78 is 5.27. The number of pyridine rings is 2. The van der Waals surface area contributed by atoms with E-state index in [9.17, 15) is 4.79 Å². The number of hydrogen-bond acceptors (Lipinski definition) is 6. The van der Waals surface area contributed by atoms with E-state index in [2.05, 4.69) is 51.2 Å². The molecule has 2 heterocycles. The van der Waals surface area contributed by atoms with E-state index in [1.807, 2.05) is 32.2 Å². The summed E-state index contributed by atoms with van der Waals surface area (Å²) in [6, 6.07) is 9.20. The number of likely N-dealkylation sites (N-methyl/N-ethyl adjacent to an activating group) is 1. The number of aromatic amines is 1. The second-order valence-electron chi connectivity index (χ2n) is 10.2. The Morgan fingerprint density at radius 3 is 2.54 bits per heavy atom. The van der Waals surface area contributed by atoms with Gasteiger partial charge in [0.2, 0.25) is 0 Å². The highest BCUT2D eigenvalue weighted by Gasteiger charge is 2.28. The average molecular weight is 526 g/mol. The van der Waals surface area contributed by atoms with Gasteiger partial charge >= 0.3 is 0 Å². The van der Waals surface area contributed by atoms with Crippen LogP contribution in [0.1, 0.15) is 49.4 Å². The summed E-state index contributed by atoms with van der Waals surface area (Å²) in [5.74, 6) is 0.736. The van der Waals surface area contributed by atoms with Gasteiger partial charge in [0.15, 0.2) is 0 Å². The van der Waals surface area contributed by atoms with Crippen molar-refractivity contribution in [2.75, 3.05) is 44.1 Å². The predicted octanol–water partition coefficient (Wildman–Crippen LogP) is 5.52. The minimum absolute atomic E-state index is 0.0652. The zero-order valence-electron chi connectivity index (χ0n) is 22.7. The number of aromatic nitrogens is 2. The van der Waals surface area contributed by atoms with Crippen molar-refractivity contribution in [2.24, 2.45) is 0 Å². The second-order valence-corrected chi connectivity index (χ2v) is 10.6. The number of benzene rings is 1. The molecule has 1 aromatic carbocycles. The number of ether oxygens (including phenoxy) is 1. The lowest BCUT2D eigenvalue weighted by Gasteiger charge is -2.41. The number of fused-ring (bicyclic) bond motifs is 1. The van der Waals surface area contributed by atoms with Crippen LogP contribution in [-0.4, -0.2) is 60.8 Å². The maximum atomic E-state index is 12.5. The quantitative estimate of drug-likeness (QED) is 0.363. The largest absolute Gasteiger partial charge is 0.383 e. The third-order valence-electron chi connectivity index (χ3n) is 7.78. The van der Waals surface area contributed by atoms with Gasteiger partial charge in [0, 0.05) is 77.8 Å². The predicted molar refractivity (Wildman–Crippen MR) is 154 cm³/mol. The maximum absolute atomic E-state index is 12.5. The Hall–Kier alpha value is -2.61. The van der Waals surface area contributed by atoms with Crippen LogP contribution in [0, 0.1) is 13.8 Å². The molecule has 3 aromatic rings. The molecule has 2 N–H and O–H groups in total. The van der Waals surface area contributed by atoms with Gasteiger partial charge in [-0.2, -0.15) is 0 Å². The topological polar surface area (TPSA) is 73.5 Å². The summed E-state index contributed by atoms with van der Waals surface area (Å²) >= 11 is 6.68. The fraction of sp³-hybridized carbons (Fsp3) is 0.517. The molecule has 0 spiro atoms. The smallest absolute Gasteiger partial charge is 0.253 e. The number of hydrogen-bond donors (Lipinski definition) is 2. The van der Waals surface area contributed by atoms with E-state index < -0.39 is 0 Å². The Kier molecular flexibility index (Phi) is 9.11. The second kappa shape index (κ2) is 12.3. The molecule has 0 bridgehead atoms. The first-order chi connectivity index (χ1) is 17.8. The van der Waals surface area contributed by atoms with Gasteiger partial charge in [0.25, 0.3) is 5.56 Å². The zero-order chi connectivity index (χ0) is 26.5. The van der Waals surface area contributed by atoms with Gasteiger partial charge in [0.1, 0.15) is 5.82 Å². The van der Waals surface area contributed by atoms with Crippen LogP contribution in [0.3, 0.4) is 0 Å². The standard InChI is InChI=1S/C29H40ClN5O2/c1-6-35(23-9-7-22(8-10-23)34(4)13-14-37-5)27-17-21(30)16-25-24(27)11-12-31-28(25)32-18-26-19(2)15-20(3)33-29(26)36/h11-12,15-17,22-23H,6-10,13-14,18H2,1-5H3,(H,31,32)(H,33,36). The number of rotatable bonds is 10. The Balaban J connectivity index is 1.57. The summed E-state index contributed by atoms with van der Waals surface area (Å²) in [4.78, 5) is 25.0. The Bertz CT molecular complexity index is 1270. The van der Waals surface area contributed by atoms with Gasteiger partial charge in [-0.3, -0.25) is 4.79 Å². The Labute approximate surface area is 225 Å². The van der Waals surface area contributed by atoms with Crippen LogP contribution in [0.5, 0.6) is 0 Å². The van der Waals surface area contributed by atoms with Crippen molar-refractivity contribution in [1.82, 2.24) is 14.9 Å². The van der Waals surface area contributed by atoms with Gasteiger partial charge in [-0.1, -0.05) is 11.6 Å². The highest BCUT2D eigenvalue weighted by Crippen LogP contribution is 2.37. The monoisotopic (exact) mass is 525 g/mol. The molecule has 0 aliphatic heterocycles. The van der Waals surface area contributed by atoms with Gasteiger partial charge in [-0.15, -0.1) is 0 Å². The van der Waals surface area contributed by atoms with Crippen LogP contribution in [0.4, 0.5) is 11.5 Å². The molecule has 0 atom stereocenters. The highest BCUT2D eigenvalue weighted by atomic mass is 35.5. The van der Waals surface area contributed by atoms with E-state index in [4.69, 9.17) is 16.3 Å². The summed E-state index contributed by atoms with van der Waals surface area (Å²) in [6.07, 6.45) is 6.49. The minimum Gasteiger partial charge on any atom is -0.383 e. The lowest BCUT2D eigenvalue weighted by molar-refractivity contribution is 0.119. The lowest BCUT2D eigenvalue weighted by atomic mass is 9.88. The van der Waals surface area contributed by atoms with Crippen LogP contribution < -0.4 is 15.8 Å². The normalized spacial score (nSPS) is 17.9. The van der Waals surface area contributed by atoms with E-state index in [0.717, 1.165) is 66.1 Å². The molecule has 1 aliphatic rings. The number of aryl methyl sites for hydroxylation is 2. The molecule has 1 saturated carbocycles. The molecule has 4 rings (SSSR count). The van der Waals surface area contributed by atoms with Crippen molar-refractivity contribution in [2.45, 2.75) is 65.1 Å². The summed E-state index contributed by atoms with van der Waals surface area (Å²) in [5, 5.41) is 6.19. The van der Waals surface area contributed by atoms with Gasteiger partial charge < -0.3 is 24.8 Å². The SMILES string of the molecule is CCN(c1cc(Cl)cc2c(NCc3c(C)cc(C)[nH]c3=O)nccc12)C1CCC(N(C)CCOC)CC1. The molecule has 0 unspecified atom stereocenters. The third kappa shape index (κ3) is 6.28. The number of nitrogens with zero attached hydrogens (tertiary/aromatic N) is 3. The molecular weight excluding hydrogens is 486 g/mol. The van der Waals surface area contributed by atoms with Crippen molar-refractivity contribution in [3.63, 3.8) is 0 Å². The molecule has 7 nitrogen and oxygen atoms in total. The average Bonchev–Trinajstić information content (AvgIpc) is 2.87. The van der Waals surface area contributed by atoms with Crippen molar-refractivity contribution in [1.29, 1.82) is 0 Å². The van der Waals surface area contributed by atoms with E-state index in [1.165, 1.54) is 12.8 Å². The molecule has 1 fully saturated rings. The molecule has 2 aromatic heterocycles. The maximum Gasteiger partial charge on any atom is 0.253 e. The van der Waals surface area contributed by atoms with E-state index in [-0.39, 0.29) is 5.56 Å². The van der Waals surface area contributed by atoms with Crippen LogP contribution >= 0.6 is 11.6 Å². The van der Waals surface area contributed by atoms with Gasteiger partial charge in [0.05, 0.1) is 6.61 Å². The number of methoxy groups -OCH3 is 1. The van der Waals surface area contributed by atoms with Crippen molar-refractivity contribution in [3.8, 4) is 0 Å². The van der Waals surface area contributed by atoms with E-state index in [0.29, 0.717) is 29.2 Å². The van der Waals surface area contributed by atoms with Crippen molar-refractivity contribution >= 4 is 33.9 Å². The summed E-state index contributed by atoms with van der Waals surface area (Å²) in [5.41, 5.74) is 3.63. The number of H-pyrrole nitrogens is 1. The van der Waals surface area contributed by atoms with Crippen LogP contribution in [0.25, 0.3) is 10.8 Å². The summed E-state index contributed by atoms with van der Waals surface area (Å²) in [7, 11) is 3.97. The number of nitrogens with one attached hydrogen (secondary N) is 2. The zero-order valence-corrected chi connectivity index (χ0v) is 23.5. The molecular formula is C29H40ClN5O2. The molecule has 0 radical (unpaired) electrons. The highest BCUT2D eigenvalue weighted by molar-refractivity contribution is 6.32. The first kappa shape index (κ1) is 27.4. The molecule has 8 heteroatoms. The van der Waals surface area contributed by atoms with Crippen LogP contribution in [0.15, 0.2) is 35.3 Å². The van der Waals surface area contributed by atoms with Gasteiger partial charge in [-0.05, 0) is 83.3 Å². The molecule has 0 saturated heterocycles.